The Morgan fingerprint density at radius 3 is 2.23 bits per heavy atom. The van der Waals surface area contributed by atoms with Crippen LogP contribution in [0.15, 0.2) is 95.0 Å². The van der Waals surface area contributed by atoms with Crippen LogP contribution >= 0.6 is 0 Å². The normalized spacial score (nSPS) is 11.2. The quantitative estimate of drug-likeness (QED) is 0.447. The number of hydrogen-bond acceptors (Lipinski definition) is 3. The van der Waals surface area contributed by atoms with Gasteiger partial charge in [-0.25, -0.2) is 13.9 Å². The highest BCUT2D eigenvalue weighted by atomic mass is 16.2. The average molecular weight is 408 g/mol. The van der Waals surface area contributed by atoms with Gasteiger partial charge in [0.05, 0.1) is 24.0 Å². The van der Waals surface area contributed by atoms with Crippen molar-refractivity contribution < 1.29 is 0 Å². The molecule has 0 bridgehead atoms. The molecule has 2 heterocycles. The summed E-state index contributed by atoms with van der Waals surface area (Å²) < 4.78 is 4.50. The summed E-state index contributed by atoms with van der Waals surface area (Å²) in [6, 6.07) is 24.6. The zero-order valence-electron chi connectivity index (χ0n) is 16.8. The minimum atomic E-state index is -0.277. The van der Waals surface area contributed by atoms with Gasteiger partial charge in [-0.3, -0.25) is 9.36 Å². The Kier molecular flexibility index (Phi) is 4.59. The summed E-state index contributed by atoms with van der Waals surface area (Å²) in [6.07, 6.45) is 1.77. The lowest BCUT2D eigenvalue weighted by molar-refractivity contribution is 0.654. The summed E-state index contributed by atoms with van der Waals surface area (Å²) in [6.45, 7) is 4.41. The van der Waals surface area contributed by atoms with Crippen LogP contribution in [-0.2, 0) is 13.1 Å². The number of benzene rings is 3. The van der Waals surface area contributed by atoms with Crippen molar-refractivity contribution in [1.82, 2.24) is 18.7 Å². The second-order valence-corrected chi connectivity index (χ2v) is 7.42. The highest BCUT2D eigenvalue weighted by Gasteiger charge is 2.17. The van der Waals surface area contributed by atoms with Gasteiger partial charge >= 0.3 is 5.69 Å². The van der Waals surface area contributed by atoms with E-state index in [0.717, 1.165) is 16.7 Å². The van der Waals surface area contributed by atoms with Gasteiger partial charge < -0.3 is 0 Å². The van der Waals surface area contributed by atoms with E-state index in [0.29, 0.717) is 29.8 Å². The molecule has 0 aliphatic carbocycles. The molecule has 6 nitrogen and oxygen atoms in total. The third-order valence-corrected chi connectivity index (χ3v) is 5.42. The Bertz CT molecular complexity index is 1520. The van der Waals surface area contributed by atoms with Crippen molar-refractivity contribution in [3.8, 4) is 0 Å². The Morgan fingerprint density at radius 2 is 1.48 bits per heavy atom. The van der Waals surface area contributed by atoms with Gasteiger partial charge in [0.25, 0.3) is 5.56 Å². The molecule has 0 unspecified atom stereocenters. The third-order valence-electron chi connectivity index (χ3n) is 5.42. The Balaban J connectivity index is 1.72. The second-order valence-electron chi connectivity index (χ2n) is 7.42. The van der Waals surface area contributed by atoms with Gasteiger partial charge in [0.15, 0.2) is 0 Å². The van der Waals surface area contributed by atoms with E-state index in [9.17, 15) is 9.59 Å². The van der Waals surface area contributed by atoms with Gasteiger partial charge in [-0.2, -0.15) is 0 Å². The molecular formula is C25H20N4O2. The highest BCUT2D eigenvalue weighted by molar-refractivity contribution is 5.80. The highest BCUT2D eigenvalue weighted by Crippen LogP contribution is 2.13. The topological polar surface area (TPSA) is 61.3 Å². The molecule has 2 aromatic heterocycles. The van der Waals surface area contributed by atoms with Gasteiger partial charge in [0.2, 0.25) is 5.78 Å². The van der Waals surface area contributed by atoms with Gasteiger partial charge in [-0.1, -0.05) is 79.4 Å². The fourth-order valence-electron chi connectivity index (χ4n) is 3.81. The predicted octanol–water partition coefficient (Wildman–Crippen LogP) is 3.55. The summed E-state index contributed by atoms with van der Waals surface area (Å²) in [7, 11) is 0. The smallest absolute Gasteiger partial charge is 0.272 e. The maximum atomic E-state index is 13.3. The molecule has 3 aromatic carbocycles. The number of hydrogen-bond donors (Lipinski definition) is 0. The fourth-order valence-corrected chi connectivity index (χ4v) is 3.81. The van der Waals surface area contributed by atoms with E-state index in [-0.39, 0.29) is 11.2 Å². The molecule has 0 spiro atoms. The van der Waals surface area contributed by atoms with Crippen molar-refractivity contribution in [3.05, 3.63) is 123 Å². The zero-order chi connectivity index (χ0) is 21.4. The lowest BCUT2D eigenvalue weighted by Gasteiger charge is -2.09. The van der Waals surface area contributed by atoms with Crippen molar-refractivity contribution in [1.29, 1.82) is 0 Å². The predicted molar refractivity (Wildman–Crippen MR) is 122 cm³/mol. The Hall–Kier alpha value is -4.19. The summed E-state index contributed by atoms with van der Waals surface area (Å²) in [5.74, 6) is 0.334. The molecule has 0 saturated carbocycles. The van der Waals surface area contributed by atoms with E-state index in [4.69, 9.17) is 0 Å². The molecule has 0 aliphatic rings. The average Bonchev–Trinajstić information content (AvgIpc) is 3.13. The minimum Gasteiger partial charge on any atom is -0.272 e. The standard InChI is InChI=1S/C25H20N4O2/c1-2-18-12-14-20(15-13-18)17-28-25(31)29-22-11-7-6-10-21(22)23(30)27(24(29)26-28)16-19-8-4-3-5-9-19/h2-15H,1,16-17H2. The van der Waals surface area contributed by atoms with E-state index in [2.05, 4.69) is 11.7 Å². The maximum Gasteiger partial charge on any atom is 0.352 e. The van der Waals surface area contributed by atoms with Gasteiger partial charge in [0, 0.05) is 0 Å². The molecule has 6 heteroatoms. The van der Waals surface area contributed by atoms with Crippen LogP contribution in [0.1, 0.15) is 16.7 Å². The lowest BCUT2D eigenvalue weighted by Crippen LogP contribution is -2.27. The number of nitrogens with zero attached hydrogens (tertiary/aromatic N) is 4. The molecule has 0 radical (unpaired) electrons. The molecule has 152 valence electrons. The second kappa shape index (κ2) is 7.57. The number of fused-ring (bicyclic) bond motifs is 3. The van der Waals surface area contributed by atoms with Crippen molar-refractivity contribution in [2.75, 3.05) is 0 Å². The first-order valence-electron chi connectivity index (χ1n) is 10.0. The molecule has 0 amide bonds. The fraction of sp³-hybridized carbons (Fsp3) is 0.0800. The van der Waals surface area contributed by atoms with E-state index in [1.807, 2.05) is 60.7 Å². The van der Waals surface area contributed by atoms with Crippen LogP contribution in [0.3, 0.4) is 0 Å². The molecular weight excluding hydrogens is 388 g/mol. The van der Waals surface area contributed by atoms with Gasteiger partial charge in [-0.15, -0.1) is 5.10 Å². The summed E-state index contributed by atoms with van der Waals surface area (Å²) in [5, 5.41) is 5.06. The molecule has 5 rings (SSSR count). The lowest BCUT2D eigenvalue weighted by atomic mass is 10.1. The molecule has 0 aliphatic heterocycles. The Labute approximate surface area is 177 Å². The van der Waals surface area contributed by atoms with Crippen molar-refractivity contribution in [2.24, 2.45) is 0 Å². The van der Waals surface area contributed by atoms with Crippen LogP contribution < -0.4 is 11.2 Å². The van der Waals surface area contributed by atoms with Crippen molar-refractivity contribution in [3.63, 3.8) is 0 Å². The van der Waals surface area contributed by atoms with Crippen LogP contribution in [0.2, 0.25) is 0 Å². The van der Waals surface area contributed by atoms with Crippen LogP contribution in [-0.4, -0.2) is 18.7 Å². The number of para-hydroxylation sites is 1. The van der Waals surface area contributed by atoms with E-state index >= 15 is 0 Å². The molecule has 0 fully saturated rings. The first kappa shape index (κ1) is 18.8. The van der Waals surface area contributed by atoms with Crippen molar-refractivity contribution in [2.45, 2.75) is 13.1 Å². The van der Waals surface area contributed by atoms with Gasteiger partial charge in [-0.05, 0) is 28.8 Å². The van der Waals surface area contributed by atoms with Crippen LogP contribution in [0.4, 0.5) is 0 Å². The maximum absolute atomic E-state index is 13.3. The molecule has 0 N–H and O–H groups in total. The van der Waals surface area contributed by atoms with Gasteiger partial charge in [0.1, 0.15) is 0 Å². The molecule has 5 aromatic rings. The molecule has 0 atom stereocenters. The van der Waals surface area contributed by atoms with Crippen LogP contribution in [0.5, 0.6) is 0 Å². The molecule has 31 heavy (non-hydrogen) atoms. The minimum absolute atomic E-state index is 0.167. The van der Waals surface area contributed by atoms with Crippen LogP contribution in [0, 0.1) is 0 Å². The third kappa shape index (κ3) is 3.28. The summed E-state index contributed by atoms with van der Waals surface area (Å²) in [4.78, 5) is 26.6. The number of aromatic nitrogens is 4. The summed E-state index contributed by atoms with van der Waals surface area (Å²) >= 11 is 0. The largest absolute Gasteiger partial charge is 0.352 e. The zero-order valence-corrected chi connectivity index (χ0v) is 16.8. The monoisotopic (exact) mass is 408 g/mol. The first-order valence-corrected chi connectivity index (χ1v) is 10.0. The Morgan fingerprint density at radius 1 is 0.806 bits per heavy atom. The van der Waals surface area contributed by atoms with E-state index in [1.165, 1.54) is 9.08 Å². The van der Waals surface area contributed by atoms with E-state index in [1.54, 1.807) is 28.8 Å². The molecule has 0 saturated heterocycles. The SMILES string of the molecule is C=Cc1ccc(Cn2nc3n(Cc4ccccc4)c(=O)c4ccccc4n3c2=O)cc1. The number of rotatable bonds is 5. The summed E-state index contributed by atoms with van der Waals surface area (Å²) in [5.41, 5.74) is 3.03. The first-order chi connectivity index (χ1) is 15.2. The van der Waals surface area contributed by atoms with Crippen LogP contribution in [0.25, 0.3) is 22.8 Å². The van der Waals surface area contributed by atoms with Crippen molar-refractivity contribution >= 4 is 22.8 Å². The van der Waals surface area contributed by atoms with E-state index < -0.39 is 0 Å².